The fraction of sp³-hybridized carbons (Fsp3) is 0.500. The van der Waals surface area contributed by atoms with Gasteiger partial charge in [0.15, 0.2) is 0 Å². The smallest absolute Gasteiger partial charge is 0.238 e. The van der Waals surface area contributed by atoms with Crippen molar-refractivity contribution in [2.75, 3.05) is 24.5 Å². The molecule has 1 atom stereocenters. The third-order valence-electron chi connectivity index (χ3n) is 2.90. The van der Waals surface area contributed by atoms with E-state index in [4.69, 9.17) is 10.9 Å². The van der Waals surface area contributed by atoms with Gasteiger partial charge in [0.2, 0.25) is 10.0 Å². The molecule has 1 aromatic rings. The Balaban J connectivity index is 3.06. The van der Waals surface area contributed by atoms with E-state index in [1.807, 2.05) is 18.7 Å². The molecule has 0 amide bonds. The highest BCUT2D eigenvalue weighted by atomic mass is 32.2. The molecule has 0 aliphatic rings. The first kappa shape index (κ1) is 15.9. The third-order valence-corrected chi connectivity index (χ3v) is 3.82. The van der Waals surface area contributed by atoms with Crippen molar-refractivity contribution in [1.29, 1.82) is 0 Å². The zero-order valence-electron chi connectivity index (χ0n) is 11.1. The molecule has 0 saturated carbocycles. The van der Waals surface area contributed by atoms with Crippen LogP contribution in [0.5, 0.6) is 0 Å². The molecule has 0 aliphatic heterocycles. The van der Waals surface area contributed by atoms with Crippen molar-refractivity contribution in [3.8, 4) is 0 Å². The van der Waals surface area contributed by atoms with E-state index in [2.05, 4.69) is 0 Å². The Morgan fingerprint density at radius 2 is 2.05 bits per heavy atom. The molecule has 108 valence electrons. The minimum absolute atomic E-state index is 0.220. The molecule has 1 rings (SSSR count). The Labute approximate surface area is 113 Å². The molecular weight excluding hydrogens is 269 g/mol. The zero-order chi connectivity index (χ0) is 14.6. The van der Waals surface area contributed by atoms with Crippen LogP contribution < -0.4 is 15.8 Å². The molecule has 0 saturated heterocycles. The molecule has 1 unspecified atom stereocenters. The van der Waals surface area contributed by atoms with E-state index in [1.165, 1.54) is 12.1 Å². The predicted octanol–water partition coefficient (Wildman–Crippen LogP) is 0.894. The van der Waals surface area contributed by atoms with Gasteiger partial charge < -0.3 is 10.6 Å². The number of hydrogen-bond donors (Lipinski definition) is 2. The highest BCUT2D eigenvalue weighted by Gasteiger charge is 2.16. The third kappa shape index (κ3) is 4.15. The van der Waals surface area contributed by atoms with Crippen LogP contribution in [0.3, 0.4) is 0 Å². The van der Waals surface area contributed by atoms with Crippen LogP contribution in [-0.2, 0) is 10.0 Å². The Morgan fingerprint density at radius 1 is 1.42 bits per heavy atom. The van der Waals surface area contributed by atoms with Gasteiger partial charge in [-0.3, -0.25) is 0 Å². The van der Waals surface area contributed by atoms with Crippen molar-refractivity contribution in [2.45, 2.75) is 18.7 Å². The zero-order valence-corrected chi connectivity index (χ0v) is 12.0. The summed E-state index contributed by atoms with van der Waals surface area (Å²) in [5.41, 5.74) is 5.91. The number of anilines is 1. The van der Waals surface area contributed by atoms with Crippen LogP contribution in [-0.4, -0.2) is 28.1 Å². The summed E-state index contributed by atoms with van der Waals surface area (Å²) in [7, 11) is -3.88. The van der Waals surface area contributed by atoms with Crippen molar-refractivity contribution in [3.05, 3.63) is 24.0 Å². The summed E-state index contributed by atoms with van der Waals surface area (Å²) in [6.45, 7) is 5.59. The second-order valence-electron chi connectivity index (χ2n) is 4.54. The maximum atomic E-state index is 14.0. The van der Waals surface area contributed by atoms with Crippen LogP contribution in [0.2, 0.25) is 0 Å². The number of nitrogens with zero attached hydrogens (tertiary/aromatic N) is 1. The maximum Gasteiger partial charge on any atom is 0.238 e. The monoisotopic (exact) mass is 289 g/mol. The first-order valence-corrected chi connectivity index (χ1v) is 7.61. The van der Waals surface area contributed by atoms with Gasteiger partial charge in [0.05, 0.1) is 10.6 Å². The van der Waals surface area contributed by atoms with Crippen LogP contribution in [0.4, 0.5) is 10.1 Å². The number of sulfonamides is 1. The molecule has 0 fully saturated rings. The SMILES string of the molecule is CCN(CC(C)CN)c1ccc(S(N)(=O)=O)cc1F. The lowest BCUT2D eigenvalue weighted by molar-refractivity contribution is 0.558. The van der Waals surface area contributed by atoms with Crippen LogP contribution in [0.1, 0.15) is 13.8 Å². The van der Waals surface area contributed by atoms with Crippen molar-refractivity contribution >= 4 is 15.7 Å². The quantitative estimate of drug-likeness (QED) is 0.814. The molecule has 0 spiro atoms. The van der Waals surface area contributed by atoms with Crippen LogP contribution in [0.15, 0.2) is 23.1 Å². The van der Waals surface area contributed by atoms with Gasteiger partial charge in [0.25, 0.3) is 0 Å². The molecule has 0 aliphatic carbocycles. The number of primary sulfonamides is 1. The van der Waals surface area contributed by atoms with Gasteiger partial charge >= 0.3 is 0 Å². The lowest BCUT2D eigenvalue weighted by atomic mass is 10.1. The van der Waals surface area contributed by atoms with Crippen LogP contribution in [0, 0.1) is 11.7 Å². The molecule has 0 radical (unpaired) electrons. The molecular formula is C12H20FN3O2S. The second kappa shape index (κ2) is 6.31. The molecule has 0 heterocycles. The Bertz CT molecular complexity index is 534. The number of nitrogens with two attached hydrogens (primary N) is 2. The molecule has 1 aromatic carbocycles. The van der Waals surface area contributed by atoms with Crippen LogP contribution >= 0.6 is 0 Å². The van der Waals surface area contributed by atoms with E-state index in [1.54, 1.807) is 0 Å². The Hall–Kier alpha value is -1.18. The summed E-state index contributed by atoms with van der Waals surface area (Å²) in [6, 6.07) is 3.69. The standard InChI is InChI=1S/C12H20FN3O2S/c1-3-16(8-9(2)7-14)12-5-4-10(6-11(12)13)19(15,17)18/h4-6,9H,3,7-8,14H2,1-2H3,(H2,15,17,18). The van der Waals surface area contributed by atoms with E-state index in [9.17, 15) is 12.8 Å². The maximum absolute atomic E-state index is 14.0. The number of hydrogen-bond acceptors (Lipinski definition) is 4. The molecule has 19 heavy (non-hydrogen) atoms. The van der Waals surface area contributed by atoms with E-state index in [0.29, 0.717) is 25.3 Å². The molecule has 0 bridgehead atoms. The fourth-order valence-corrected chi connectivity index (χ4v) is 2.30. The summed E-state index contributed by atoms with van der Waals surface area (Å²) >= 11 is 0. The molecule has 0 aromatic heterocycles. The summed E-state index contributed by atoms with van der Waals surface area (Å²) in [6.07, 6.45) is 0. The number of benzene rings is 1. The van der Waals surface area contributed by atoms with Crippen molar-refractivity contribution in [3.63, 3.8) is 0 Å². The van der Waals surface area contributed by atoms with E-state index < -0.39 is 15.8 Å². The summed E-state index contributed by atoms with van der Waals surface area (Å²) in [5.74, 6) is -0.380. The summed E-state index contributed by atoms with van der Waals surface area (Å²) in [5, 5.41) is 4.96. The first-order chi connectivity index (χ1) is 8.79. The van der Waals surface area contributed by atoms with E-state index >= 15 is 0 Å². The average Bonchev–Trinajstić information content (AvgIpc) is 2.34. The minimum atomic E-state index is -3.88. The number of halogens is 1. The van der Waals surface area contributed by atoms with Crippen molar-refractivity contribution < 1.29 is 12.8 Å². The van der Waals surface area contributed by atoms with Gasteiger partial charge in [-0.15, -0.1) is 0 Å². The van der Waals surface area contributed by atoms with Crippen molar-refractivity contribution in [2.24, 2.45) is 16.8 Å². The topological polar surface area (TPSA) is 89.4 Å². The lowest BCUT2D eigenvalue weighted by Crippen LogP contribution is -2.32. The summed E-state index contributed by atoms with van der Waals surface area (Å²) in [4.78, 5) is 1.59. The molecule has 5 nitrogen and oxygen atoms in total. The van der Waals surface area contributed by atoms with Gasteiger partial charge in [-0.25, -0.2) is 17.9 Å². The highest BCUT2D eigenvalue weighted by molar-refractivity contribution is 7.89. The van der Waals surface area contributed by atoms with Gasteiger partial charge in [-0.2, -0.15) is 0 Å². The highest BCUT2D eigenvalue weighted by Crippen LogP contribution is 2.22. The Kier molecular flexibility index (Phi) is 5.28. The predicted molar refractivity (Wildman–Crippen MR) is 73.9 cm³/mol. The first-order valence-electron chi connectivity index (χ1n) is 6.07. The van der Waals surface area contributed by atoms with E-state index in [0.717, 1.165) is 6.07 Å². The second-order valence-corrected chi connectivity index (χ2v) is 6.10. The van der Waals surface area contributed by atoms with Gasteiger partial charge in [0, 0.05) is 13.1 Å². The normalized spacial score (nSPS) is 13.3. The largest absolute Gasteiger partial charge is 0.369 e. The van der Waals surface area contributed by atoms with Crippen molar-refractivity contribution in [1.82, 2.24) is 0 Å². The van der Waals surface area contributed by atoms with E-state index in [-0.39, 0.29) is 10.8 Å². The average molecular weight is 289 g/mol. The lowest BCUT2D eigenvalue weighted by Gasteiger charge is -2.26. The minimum Gasteiger partial charge on any atom is -0.369 e. The summed E-state index contributed by atoms with van der Waals surface area (Å²) < 4.78 is 36.3. The van der Waals surface area contributed by atoms with Gasteiger partial charge in [-0.05, 0) is 37.6 Å². The van der Waals surface area contributed by atoms with Crippen LogP contribution in [0.25, 0.3) is 0 Å². The van der Waals surface area contributed by atoms with Gasteiger partial charge in [-0.1, -0.05) is 6.92 Å². The Morgan fingerprint density at radius 3 is 2.47 bits per heavy atom. The molecule has 4 N–H and O–H groups in total. The molecule has 7 heteroatoms. The fourth-order valence-electron chi connectivity index (χ4n) is 1.77. The van der Waals surface area contributed by atoms with Gasteiger partial charge in [0.1, 0.15) is 5.82 Å². The number of rotatable bonds is 6.